The first-order valence-corrected chi connectivity index (χ1v) is 6.96. The molecule has 0 aliphatic rings. The molecule has 5 heteroatoms. The highest BCUT2D eigenvalue weighted by molar-refractivity contribution is 5.49. The molecule has 1 heterocycles. The Morgan fingerprint density at radius 3 is 2.53 bits per heavy atom. The van der Waals surface area contributed by atoms with Crippen LogP contribution in [0.2, 0.25) is 0 Å². The summed E-state index contributed by atoms with van der Waals surface area (Å²) in [7, 11) is 0. The van der Waals surface area contributed by atoms with Gasteiger partial charge in [-0.3, -0.25) is 0 Å². The fourth-order valence-corrected chi connectivity index (χ4v) is 1.91. The first-order chi connectivity index (χ1) is 9.13. The van der Waals surface area contributed by atoms with Crippen LogP contribution in [0.25, 0.3) is 0 Å². The van der Waals surface area contributed by atoms with Gasteiger partial charge in [-0.05, 0) is 6.42 Å². The van der Waals surface area contributed by atoms with Crippen molar-refractivity contribution in [3.63, 3.8) is 0 Å². The summed E-state index contributed by atoms with van der Waals surface area (Å²) in [5, 5.41) is 18.6. The summed E-state index contributed by atoms with van der Waals surface area (Å²) < 4.78 is 0. The maximum Gasteiger partial charge on any atom is 0.131 e. The van der Waals surface area contributed by atoms with Crippen molar-refractivity contribution in [3.8, 4) is 0 Å². The van der Waals surface area contributed by atoms with Crippen molar-refractivity contribution < 1.29 is 10.2 Å². The van der Waals surface area contributed by atoms with Crippen molar-refractivity contribution >= 4 is 5.69 Å². The molecule has 0 amide bonds. The van der Waals surface area contributed by atoms with E-state index in [0.29, 0.717) is 12.2 Å². The lowest BCUT2D eigenvalue weighted by atomic mass is 10.2. The van der Waals surface area contributed by atoms with Gasteiger partial charge in [-0.15, -0.1) is 0 Å². The van der Waals surface area contributed by atoms with Gasteiger partial charge in [0.25, 0.3) is 0 Å². The van der Waals surface area contributed by atoms with Gasteiger partial charge in [-0.2, -0.15) is 0 Å². The fraction of sp³-hybridized carbons (Fsp3) is 0.714. The molecule has 0 aliphatic carbocycles. The lowest BCUT2D eigenvalue weighted by molar-refractivity contribution is 0.275. The van der Waals surface area contributed by atoms with Crippen molar-refractivity contribution in [2.24, 2.45) is 0 Å². The number of rotatable bonds is 8. The van der Waals surface area contributed by atoms with Crippen LogP contribution in [0.5, 0.6) is 0 Å². The second-order valence-corrected chi connectivity index (χ2v) is 4.94. The molecule has 0 aromatic carbocycles. The summed E-state index contributed by atoms with van der Waals surface area (Å²) in [6.07, 6.45) is 3.89. The molecule has 1 aromatic heterocycles. The molecule has 108 valence electrons. The summed E-state index contributed by atoms with van der Waals surface area (Å²) in [6, 6.07) is 0. The van der Waals surface area contributed by atoms with Gasteiger partial charge >= 0.3 is 0 Å². The summed E-state index contributed by atoms with van der Waals surface area (Å²) in [4.78, 5) is 10.8. The molecule has 0 saturated carbocycles. The van der Waals surface area contributed by atoms with Crippen LogP contribution >= 0.6 is 0 Å². The topological polar surface area (TPSA) is 69.5 Å². The van der Waals surface area contributed by atoms with E-state index in [1.165, 1.54) is 0 Å². The molecule has 0 spiro atoms. The number of aliphatic hydroxyl groups excluding tert-OH is 2. The van der Waals surface area contributed by atoms with E-state index in [1.807, 2.05) is 18.7 Å². The van der Waals surface area contributed by atoms with Gasteiger partial charge in [0.2, 0.25) is 0 Å². The zero-order chi connectivity index (χ0) is 14.3. The first kappa shape index (κ1) is 15.9. The van der Waals surface area contributed by atoms with Crippen LogP contribution in [0.1, 0.15) is 51.0 Å². The number of unbranched alkanes of at least 4 members (excludes halogenated alkanes) is 1. The second kappa shape index (κ2) is 8.07. The zero-order valence-corrected chi connectivity index (χ0v) is 12.1. The Hall–Kier alpha value is -1.20. The van der Waals surface area contributed by atoms with E-state index in [4.69, 9.17) is 5.11 Å². The summed E-state index contributed by atoms with van der Waals surface area (Å²) >= 11 is 0. The number of hydrogen-bond donors (Lipinski definition) is 2. The minimum atomic E-state index is -0.106. The van der Waals surface area contributed by atoms with Crippen LogP contribution in [0.15, 0.2) is 6.20 Å². The van der Waals surface area contributed by atoms with Crippen molar-refractivity contribution in [2.45, 2.75) is 46.1 Å². The molecule has 0 unspecified atom stereocenters. The Balaban J connectivity index is 3.00. The highest BCUT2D eigenvalue weighted by Gasteiger charge is 2.14. The minimum Gasteiger partial charge on any atom is -0.395 e. The zero-order valence-electron chi connectivity index (χ0n) is 12.1. The molecule has 1 aromatic rings. The predicted molar refractivity (Wildman–Crippen MR) is 76.3 cm³/mol. The molecule has 0 fully saturated rings. The van der Waals surface area contributed by atoms with Crippen LogP contribution in [0, 0.1) is 0 Å². The highest BCUT2D eigenvalue weighted by atomic mass is 16.3. The third-order valence-corrected chi connectivity index (χ3v) is 3.02. The van der Waals surface area contributed by atoms with Crippen LogP contribution in [0.3, 0.4) is 0 Å². The normalized spacial score (nSPS) is 11.1. The Kier molecular flexibility index (Phi) is 6.73. The smallest absolute Gasteiger partial charge is 0.131 e. The van der Waals surface area contributed by atoms with Crippen molar-refractivity contribution in [2.75, 3.05) is 24.6 Å². The molecule has 0 bridgehead atoms. The average Bonchev–Trinajstić information content (AvgIpc) is 2.42. The SMILES string of the molecule is CCCCN(CCO)c1cnc(C(C)C)nc1CO. The van der Waals surface area contributed by atoms with E-state index < -0.39 is 0 Å². The van der Waals surface area contributed by atoms with Gasteiger partial charge in [0, 0.05) is 19.0 Å². The fourth-order valence-electron chi connectivity index (χ4n) is 1.91. The lowest BCUT2D eigenvalue weighted by Gasteiger charge is -2.25. The molecular weight excluding hydrogens is 242 g/mol. The van der Waals surface area contributed by atoms with E-state index in [-0.39, 0.29) is 19.1 Å². The van der Waals surface area contributed by atoms with Crippen LogP contribution in [-0.2, 0) is 6.61 Å². The lowest BCUT2D eigenvalue weighted by Crippen LogP contribution is -2.29. The number of anilines is 1. The molecule has 5 nitrogen and oxygen atoms in total. The molecule has 1 rings (SSSR count). The van der Waals surface area contributed by atoms with Gasteiger partial charge in [0.05, 0.1) is 30.8 Å². The third-order valence-electron chi connectivity index (χ3n) is 3.02. The van der Waals surface area contributed by atoms with Gasteiger partial charge in [0.1, 0.15) is 5.82 Å². The van der Waals surface area contributed by atoms with Crippen molar-refractivity contribution in [1.82, 2.24) is 9.97 Å². The summed E-state index contributed by atoms with van der Waals surface area (Å²) in [5.41, 5.74) is 1.47. The van der Waals surface area contributed by atoms with E-state index in [2.05, 4.69) is 16.9 Å². The van der Waals surface area contributed by atoms with Gasteiger partial charge < -0.3 is 15.1 Å². The number of hydrogen-bond acceptors (Lipinski definition) is 5. The van der Waals surface area contributed by atoms with Gasteiger partial charge in [-0.25, -0.2) is 9.97 Å². The maximum absolute atomic E-state index is 9.49. The van der Waals surface area contributed by atoms with Crippen molar-refractivity contribution in [1.29, 1.82) is 0 Å². The van der Waals surface area contributed by atoms with E-state index in [1.54, 1.807) is 6.20 Å². The summed E-state index contributed by atoms with van der Waals surface area (Å²) in [6.45, 7) is 7.54. The van der Waals surface area contributed by atoms with Gasteiger partial charge in [-0.1, -0.05) is 27.2 Å². The second-order valence-electron chi connectivity index (χ2n) is 4.94. The molecule has 0 atom stereocenters. The summed E-state index contributed by atoms with van der Waals surface area (Å²) in [5.74, 6) is 0.980. The molecule has 2 N–H and O–H groups in total. The Morgan fingerprint density at radius 2 is 2.00 bits per heavy atom. The molecular formula is C14H25N3O2. The molecule has 0 aliphatic heterocycles. The third kappa shape index (κ3) is 4.44. The van der Waals surface area contributed by atoms with E-state index in [9.17, 15) is 5.11 Å². The highest BCUT2D eigenvalue weighted by Crippen LogP contribution is 2.21. The standard InChI is InChI=1S/C14H25N3O2/c1-4-5-6-17(7-8-18)13-9-15-14(11(2)3)16-12(13)10-19/h9,11,18-19H,4-8,10H2,1-3H3. The quantitative estimate of drug-likeness (QED) is 0.750. The monoisotopic (exact) mass is 267 g/mol. The Bertz CT molecular complexity index is 383. The Labute approximate surface area is 115 Å². The predicted octanol–water partition coefficient (Wildman–Crippen LogP) is 1.69. The number of aromatic nitrogens is 2. The number of aliphatic hydroxyl groups is 2. The molecule has 0 saturated heterocycles. The Morgan fingerprint density at radius 1 is 1.26 bits per heavy atom. The maximum atomic E-state index is 9.49. The van der Waals surface area contributed by atoms with Crippen molar-refractivity contribution in [3.05, 3.63) is 17.7 Å². The van der Waals surface area contributed by atoms with Crippen LogP contribution < -0.4 is 4.90 Å². The first-order valence-electron chi connectivity index (χ1n) is 6.96. The van der Waals surface area contributed by atoms with Crippen LogP contribution in [-0.4, -0.2) is 39.9 Å². The molecule has 0 radical (unpaired) electrons. The number of nitrogens with zero attached hydrogens (tertiary/aromatic N) is 3. The van der Waals surface area contributed by atoms with E-state index in [0.717, 1.165) is 30.9 Å². The van der Waals surface area contributed by atoms with E-state index >= 15 is 0 Å². The minimum absolute atomic E-state index is 0.0838. The van der Waals surface area contributed by atoms with Crippen LogP contribution in [0.4, 0.5) is 5.69 Å². The largest absolute Gasteiger partial charge is 0.395 e. The van der Waals surface area contributed by atoms with Gasteiger partial charge in [0.15, 0.2) is 0 Å². The average molecular weight is 267 g/mol. The molecule has 19 heavy (non-hydrogen) atoms.